The number of amides is 2. The van der Waals surface area contributed by atoms with Crippen LogP contribution < -0.4 is 9.62 Å². The number of rotatable bonds is 12. The molecule has 1 saturated carbocycles. The first-order chi connectivity index (χ1) is 21.7. The van der Waals surface area contributed by atoms with Crippen molar-refractivity contribution >= 4 is 27.5 Å². The largest absolute Gasteiger partial charge is 0.352 e. The summed E-state index contributed by atoms with van der Waals surface area (Å²) in [5.74, 6) is -1.27. The molecule has 5 rings (SSSR count). The molecule has 0 saturated heterocycles. The second kappa shape index (κ2) is 14.5. The zero-order valence-corrected chi connectivity index (χ0v) is 26.1. The second-order valence-electron chi connectivity index (χ2n) is 11.5. The Labute approximate surface area is 264 Å². The third-order valence-electron chi connectivity index (χ3n) is 8.23. The van der Waals surface area contributed by atoms with Crippen LogP contribution in [0.2, 0.25) is 0 Å². The average Bonchev–Trinajstić information content (AvgIpc) is 3.56. The highest BCUT2D eigenvalue weighted by molar-refractivity contribution is 7.92. The lowest BCUT2D eigenvalue weighted by Gasteiger charge is -2.34. The molecule has 0 heterocycles. The zero-order valence-electron chi connectivity index (χ0n) is 25.3. The minimum atomic E-state index is -4.17. The zero-order chi connectivity index (χ0) is 31.8. The number of nitrogens with one attached hydrogen (secondary N) is 1. The van der Waals surface area contributed by atoms with Crippen molar-refractivity contribution in [2.45, 2.75) is 62.6 Å². The lowest BCUT2D eigenvalue weighted by atomic mass is 10.0. The van der Waals surface area contributed by atoms with Crippen molar-refractivity contribution in [1.29, 1.82) is 0 Å². The van der Waals surface area contributed by atoms with E-state index >= 15 is 0 Å². The number of benzene rings is 4. The van der Waals surface area contributed by atoms with Crippen LogP contribution in [0.15, 0.2) is 114 Å². The Bertz CT molecular complexity index is 1690. The van der Waals surface area contributed by atoms with Crippen LogP contribution in [-0.2, 0) is 32.6 Å². The number of sulfonamides is 1. The van der Waals surface area contributed by atoms with Gasteiger partial charge in [-0.25, -0.2) is 12.8 Å². The summed E-state index contributed by atoms with van der Waals surface area (Å²) in [5.41, 5.74) is 2.51. The minimum Gasteiger partial charge on any atom is -0.352 e. The molecule has 0 radical (unpaired) electrons. The van der Waals surface area contributed by atoms with E-state index in [2.05, 4.69) is 5.32 Å². The highest BCUT2D eigenvalue weighted by atomic mass is 32.2. The summed E-state index contributed by atoms with van der Waals surface area (Å²) in [6, 6.07) is 29.2. The number of hydrogen-bond acceptors (Lipinski definition) is 4. The van der Waals surface area contributed by atoms with Crippen molar-refractivity contribution in [2.24, 2.45) is 0 Å². The van der Waals surface area contributed by atoms with Crippen molar-refractivity contribution in [3.8, 4) is 0 Å². The van der Waals surface area contributed by atoms with E-state index in [9.17, 15) is 22.4 Å². The summed E-state index contributed by atoms with van der Waals surface area (Å²) in [6.45, 7) is 1.24. The molecule has 7 nitrogen and oxygen atoms in total. The fraction of sp³-hybridized carbons (Fsp3) is 0.278. The van der Waals surface area contributed by atoms with E-state index in [1.165, 1.54) is 29.2 Å². The maximum Gasteiger partial charge on any atom is 0.264 e. The van der Waals surface area contributed by atoms with Crippen molar-refractivity contribution in [3.05, 3.63) is 132 Å². The Hall–Kier alpha value is -4.50. The molecule has 9 heteroatoms. The Morgan fingerprint density at radius 3 is 2.07 bits per heavy atom. The van der Waals surface area contributed by atoms with E-state index in [1.54, 1.807) is 61.5 Å². The number of carbonyl (C=O) groups excluding carboxylic acids is 2. The summed E-state index contributed by atoms with van der Waals surface area (Å²) in [4.78, 5) is 30.0. The van der Waals surface area contributed by atoms with Crippen LogP contribution in [0.5, 0.6) is 0 Å². The van der Waals surface area contributed by atoms with E-state index in [0.29, 0.717) is 16.8 Å². The van der Waals surface area contributed by atoms with Gasteiger partial charge in [0.05, 0.1) is 10.6 Å². The molecule has 0 bridgehead atoms. The van der Waals surface area contributed by atoms with Gasteiger partial charge in [0.1, 0.15) is 18.4 Å². The number of anilines is 1. The summed E-state index contributed by atoms with van der Waals surface area (Å²) >= 11 is 0. The Kier molecular flexibility index (Phi) is 10.3. The molecule has 4 aromatic rings. The highest BCUT2D eigenvalue weighted by Gasteiger charge is 2.35. The van der Waals surface area contributed by atoms with Crippen molar-refractivity contribution < 1.29 is 22.4 Å². The van der Waals surface area contributed by atoms with Gasteiger partial charge in [-0.3, -0.25) is 13.9 Å². The Morgan fingerprint density at radius 2 is 1.42 bits per heavy atom. The van der Waals surface area contributed by atoms with Crippen LogP contribution in [0.4, 0.5) is 10.1 Å². The van der Waals surface area contributed by atoms with Crippen molar-refractivity contribution in [2.75, 3.05) is 10.8 Å². The Balaban J connectivity index is 1.56. The normalized spacial score (nSPS) is 14.1. The number of halogens is 1. The molecule has 1 fully saturated rings. The van der Waals surface area contributed by atoms with Gasteiger partial charge in [-0.1, -0.05) is 91.7 Å². The summed E-state index contributed by atoms with van der Waals surface area (Å²) < 4.78 is 43.2. The summed E-state index contributed by atoms with van der Waals surface area (Å²) in [7, 11) is -4.17. The molecule has 1 atom stereocenters. The van der Waals surface area contributed by atoms with Crippen LogP contribution >= 0.6 is 0 Å². The fourth-order valence-electron chi connectivity index (χ4n) is 5.78. The number of nitrogens with zero attached hydrogens (tertiary/aromatic N) is 2. The molecule has 0 spiro atoms. The molecule has 0 aromatic heterocycles. The summed E-state index contributed by atoms with van der Waals surface area (Å²) in [5, 5.41) is 3.15. The first-order valence-corrected chi connectivity index (χ1v) is 16.7. The van der Waals surface area contributed by atoms with Crippen LogP contribution in [0.25, 0.3) is 0 Å². The molecular formula is C36H38FN3O4S. The van der Waals surface area contributed by atoms with Gasteiger partial charge in [0.2, 0.25) is 11.8 Å². The van der Waals surface area contributed by atoms with Gasteiger partial charge in [0.15, 0.2) is 0 Å². The van der Waals surface area contributed by atoms with E-state index in [-0.39, 0.29) is 29.8 Å². The van der Waals surface area contributed by atoms with Gasteiger partial charge in [-0.15, -0.1) is 0 Å². The number of hydrogen-bond donors (Lipinski definition) is 1. The van der Waals surface area contributed by atoms with E-state index in [0.717, 1.165) is 35.6 Å². The topological polar surface area (TPSA) is 86.8 Å². The highest BCUT2D eigenvalue weighted by Crippen LogP contribution is 2.28. The lowest BCUT2D eigenvalue weighted by Crippen LogP contribution is -2.54. The molecule has 1 N–H and O–H groups in total. The first-order valence-electron chi connectivity index (χ1n) is 15.2. The van der Waals surface area contributed by atoms with Gasteiger partial charge >= 0.3 is 0 Å². The first kappa shape index (κ1) is 31.9. The SMILES string of the molecule is Cc1ccccc1N(CC(=O)N(Cc1ccc(F)cc1)[C@H](Cc1ccccc1)C(=O)NC1CCCC1)S(=O)(=O)c1ccccc1. The van der Waals surface area contributed by atoms with Crippen LogP contribution in [0.1, 0.15) is 42.4 Å². The predicted molar refractivity (Wildman–Crippen MR) is 173 cm³/mol. The molecule has 0 unspecified atom stereocenters. The van der Waals surface area contributed by atoms with E-state index in [1.807, 2.05) is 30.3 Å². The van der Waals surface area contributed by atoms with Crippen molar-refractivity contribution in [1.82, 2.24) is 10.2 Å². The van der Waals surface area contributed by atoms with Crippen molar-refractivity contribution in [3.63, 3.8) is 0 Å². The molecule has 234 valence electrons. The molecule has 45 heavy (non-hydrogen) atoms. The smallest absolute Gasteiger partial charge is 0.264 e. The number of carbonyl (C=O) groups is 2. The second-order valence-corrected chi connectivity index (χ2v) is 13.3. The molecular weight excluding hydrogens is 589 g/mol. The maximum atomic E-state index is 14.5. The molecule has 4 aromatic carbocycles. The molecule has 0 aliphatic heterocycles. The molecule has 2 amide bonds. The van der Waals surface area contributed by atoms with Gasteiger partial charge in [-0.05, 0) is 66.8 Å². The monoisotopic (exact) mass is 627 g/mol. The molecule has 1 aliphatic carbocycles. The lowest BCUT2D eigenvalue weighted by molar-refractivity contribution is -0.140. The molecule has 1 aliphatic rings. The van der Waals surface area contributed by atoms with Crippen LogP contribution in [0.3, 0.4) is 0 Å². The van der Waals surface area contributed by atoms with Gasteiger partial charge in [0.25, 0.3) is 10.0 Å². The maximum absolute atomic E-state index is 14.5. The van der Waals surface area contributed by atoms with E-state index in [4.69, 9.17) is 0 Å². The number of aryl methyl sites for hydroxylation is 1. The van der Waals surface area contributed by atoms with E-state index < -0.39 is 34.3 Å². The third kappa shape index (κ3) is 7.97. The van der Waals surface area contributed by atoms with Gasteiger partial charge < -0.3 is 10.2 Å². The fourth-order valence-corrected chi connectivity index (χ4v) is 7.28. The van der Waals surface area contributed by atoms with Gasteiger partial charge in [-0.2, -0.15) is 0 Å². The quantitative estimate of drug-likeness (QED) is 0.208. The standard InChI is InChI=1S/C36H38FN3O4S/c1-27-12-8-11-19-33(27)40(45(43,44)32-17-6-3-7-18-32)26-35(41)39(25-29-20-22-30(37)23-21-29)34(24-28-13-4-2-5-14-28)36(42)38-31-15-9-10-16-31/h2-8,11-14,17-23,31,34H,9-10,15-16,24-26H2,1H3,(H,38,42)/t34-/m1/s1. The van der Waals surface area contributed by atoms with Crippen LogP contribution in [-0.4, -0.2) is 43.8 Å². The van der Waals surface area contributed by atoms with Crippen LogP contribution in [0, 0.1) is 12.7 Å². The van der Waals surface area contributed by atoms with Gasteiger partial charge in [0, 0.05) is 19.0 Å². The third-order valence-corrected chi connectivity index (χ3v) is 10.0. The summed E-state index contributed by atoms with van der Waals surface area (Å²) in [6.07, 6.45) is 4.00. The minimum absolute atomic E-state index is 0.0122. The Morgan fingerprint density at radius 1 is 0.822 bits per heavy atom. The average molecular weight is 628 g/mol. The number of para-hydroxylation sites is 1. The predicted octanol–water partition coefficient (Wildman–Crippen LogP) is 6.03.